The van der Waals surface area contributed by atoms with E-state index in [1.165, 1.54) is 0 Å². The molecule has 2 saturated heterocycles. The van der Waals surface area contributed by atoms with Crippen molar-refractivity contribution in [2.75, 3.05) is 6.54 Å². The number of aliphatic hydroxyl groups is 2. The number of aliphatic hydroxyl groups excluding tert-OH is 2. The molecule has 0 radical (unpaired) electrons. The second-order valence-corrected chi connectivity index (χ2v) is 3.08. The van der Waals surface area contributed by atoms with E-state index in [9.17, 15) is 10.2 Å². The van der Waals surface area contributed by atoms with E-state index in [2.05, 4.69) is 17.2 Å². The molecule has 0 saturated carbocycles. The maximum Gasteiger partial charge on any atom is 0.158 e. The molecule has 4 atom stereocenters. The van der Waals surface area contributed by atoms with E-state index in [-0.39, 0.29) is 6.10 Å². The summed E-state index contributed by atoms with van der Waals surface area (Å²) in [6.07, 6.45) is -2.57. The van der Waals surface area contributed by atoms with Gasteiger partial charge < -0.3 is 25.6 Å². The Balaban J connectivity index is 2.15. The molecule has 2 fully saturated rings. The normalized spacial score (nSPS) is 46.3. The predicted molar refractivity (Wildman–Crippen MR) is 41.0 cm³/mol. The summed E-state index contributed by atoms with van der Waals surface area (Å²) in [5, 5.41) is 24.5. The Morgan fingerprint density at radius 3 is 2.92 bits per heavy atom. The lowest BCUT2D eigenvalue weighted by atomic mass is 10.1. The highest BCUT2D eigenvalue weighted by Crippen LogP contribution is 2.21. The van der Waals surface area contributed by atoms with Gasteiger partial charge in [-0.05, 0) is 0 Å². The number of hydrogen-bond acceptors (Lipinski definition) is 5. The van der Waals surface area contributed by atoms with Gasteiger partial charge >= 0.3 is 0 Å². The van der Waals surface area contributed by atoms with E-state index in [1.807, 2.05) is 0 Å². The Hall–Kier alpha value is -0.780. The minimum Gasteiger partial charge on any atom is -0.387 e. The summed E-state index contributed by atoms with van der Waals surface area (Å²) in [4.78, 5) is 0. The lowest BCUT2D eigenvalue weighted by molar-refractivity contribution is 0.00564. The van der Waals surface area contributed by atoms with E-state index in [0.717, 1.165) is 0 Å². The highest BCUT2D eigenvalue weighted by atomic mass is 16.6. The maximum atomic E-state index is 9.40. The SMILES string of the molecule is C=C1NC[C@H]2O[C@@H](N1)C(O)[C@H]2O. The van der Waals surface area contributed by atoms with Crippen LogP contribution in [-0.4, -0.2) is 41.3 Å². The van der Waals surface area contributed by atoms with Gasteiger partial charge in [-0.15, -0.1) is 0 Å². The molecule has 1 unspecified atom stereocenters. The van der Waals surface area contributed by atoms with Crippen LogP contribution >= 0.6 is 0 Å². The van der Waals surface area contributed by atoms with E-state index in [1.54, 1.807) is 0 Å². The Morgan fingerprint density at radius 1 is 1.42 bits per heavy atom. The Labute approximate surface area is 70.0 Å². The van der Waals surface area contributed by atoms with Crippen LogP contribution in [0.2, 0.25) is 0 Å². The zero-order valence-electron chi connectivity index (χ0n) is 6.53. The van der Waals surface area contributed by atoms with E-state index >= 15 is 0 Å². The van der Waals surface area contributed by atoms with Gasteiger partial charge in [0.1, 0.15) is 18.3 Å². The number of rotatable bonds is 0. The second-order valence-electron chi connectivity index (χ2n) is 3.08. The first kappa shape index (κ1) is 7.85. The summed E-state index contributed by atoms with van der Waals surface area (Å²) in [5.74, 6) is 0.619. The minimum atomic E-state index is -0.867. The quantitative estimate of drug-likeness (QED) is 0.343. The van der Waals surface area contributed by atoms with Crippen molar-refractivity contribution in [1.82, 2.24) is 10.6 Å². The molecule has 4 N–H and O–H groups in total. The van der Waals surface area contributed by atoms with Gasteiger partial charge in [-0.1, -0.05) is 6.58 Å². The maximum absolute atomic E-state index is 9.40. The molecule has 2 bridgehead atoms. The zero-order chi connectivity index (χ0) is 8.72. The van der Waals surface area contributed by atoms with E-state index in [4.69, 9.17) is 4.74 Å². The molecule has 0 aromatic heterocycles. The lowest BCUT2D eigenvalue weighted by Crippen LogP contribution is -2.46. The fraction of sp³-hybridized carbons (Fsp3) is 0.714. The van der Waals surface area contributed by atoms with Gasteiger partial charge in [0.15, 0.2) is 6.23 Å². The smallest absolute Gasteiger partial charge is 0.158 e. The predicted octanol–water partition coefficient (Wildman–Crippen LogP) is -1.90. The van der Waals surface area contributed by atoms with Crippen LogP contribution in [0.3, 0.4) is 0 Å². The molecule has 68 valence electrons. The largest absolute Gasteiger partial charge is 0.387 e. The molecule has 12 heavy (non-hydrogen) atoms. The van der Waals surface area contributed by atoms with Crippen molar-refractivity contribution in [1.29, 1.82) is 0 Å². The third-order valence-electron chi connectivity index (χ3n) is 2.20. The Bertz CT molecular complexity index is 209. The Kier molecular flexibility index (Phi) is 1.71. The summed E-state index contributed by atoms with van der Waals surface area (Å²) in [6, 6.07) is 0. The van der Waals surface area contributed by atoms with Gasteiger partial charge in [0, 0.05) is 6.54 Å². The molecule has 2 aliphatic rings. The average molecular weight is 172 g/mol. The van der Waals surface area contributed by atoms with Gasteiger partial charge in [0.05, 0.1) is 5.82 Å². The number of fused-ring (bicyclic) bond motifs is 2. The van der Waals surface area contributed by atoms with Crippen molar-refractivity contribution < 1.29 is 14.9 Å². The summed E-state index contributed by atoms with van der Waals surface area (Å²) in [5.41, 5.74) is 0. The van der Waals surface area contributed by atoms with Gasteiger partial charge in [0.2, 0.25) is 0 Å². The van der Waals surface area contributed by atoms with E-state index < -0.39 is 18.4 Å². The lowest BCUT2D eigenvalue weighted by Gasteiger charge is -2.20. The molecule has 0 spiro atoms. The molecule has 0 aromatic rings. The molecule has 0 amide bonds. The van der Waals surface area contributed by atoms with Crippen molar-refractivity contribution in [3.8, 4) is 0 Å². The molecule has 2 rings (SSSR count). The van der Waals surface area contributed by atoms with Crippen molar-refractivity contribution in [2.45, 2.75) is 24.5 Å². The minimum absolute atomic E-state index is 0.350. The van der Waals surface area contributed by atoms with Crippen molar-refractivity contribution in [2.24, 2.45) is 0 Å². The van der Waals surface area contributed by atoms with Crippen LogP contribution in [0.4, 0.5) is 0 Å². The molecular formula is C7H12N2O3. The molecule has 0 aromatic carbocycles. The molecule has 5 nitrogen and oxygen atoms in total. The van der Waals surface area contributed by atoms with Gasteiger partial charge in [-0.2, -0.15) is 0 Å². The summed E-state index contributed by atoms with van der Waals surface area (Å²) in [6.45, 7) is 4.13. The van der Waals surface area contributed by atoms with Crippen molar-refractivity contribution in [3.63, 3.8) is 0 Å². The first-order valence-electron chi connectivity index (χ1n) is 3.89. The zero-order valence-corrected chi connectivity index (χ0v) is 6.53. The standard InChI is InChI=1S/C7H12N2O3/c1-3-8-2-4-5(10)6(11)7(9-3)12-4/h4-11H,1-2H2/t4-,5+,6?,7-/m1/s1. The van der Waals surface area contributed by atoms with Crippen LogP contribution in [0, 0.1) is 0 Å². The van der Waals surface area contributed by atoms with Crippen molar-refractivity contribution >= 4 is 0 Å². The Morgan fingerprint density at radius 2 is 2.17 bits per heavy atom. The van der Waals surface area contributed by atoms with Crippen LogP contribution in [0.5, 0.6) is 0 Å². The van der Waals surface area contributed by atoms with Crippen LogP contribution in [0.25, 0.3) is 0 Å². The van der Waals surface area contributed by atoms with Gasteiger partial charge in [-0.25, -0.2) is 0 Å². The highest BCUT2D eigenvalue weighted by molar-refractivity contribution is 5.02. The third-order valence-corrected chi connectivity index (χ3v) is 2.20. The van der Waals surface area contributed by atoms with Crippen LogP contribution in [-0.2, 0) is 4.74 Å². The summed E-state index contributed by atoms with van der Waals surface area (Å²) < 4.78 is 5.28. The number of ether oxygens (including phenoxy) is 1. The molecule has 5 heteroatoms. The molecular weight excluding hydrogens is 160 g/mol. The monoisotopic (exact) mass is 172 g/mol. The molecule has 0 aliphatic carbocycles. The highest BCUT2D eigenvalue weighted by Gasteiger charge is 2.44. The van der Waals surface area contributed by atoms with Gasteiger partial charge in [0.25, 0.3) is 0 Å². The topological polar surface area (TPSA) is 73.8 Å². The fourth-order valence-corrected chi connectivity index (χ4v) is 1.48. The summed E-state index contributed by atoms with van der Waals surface area (Å²) >= 11 is 0. The van der Waals surface area contributed by atoms with Crippen LogP contribution < -0.4 is 10.6 Å². The third kappa shape index (κ3) is 1.06. The number of hydrogen-bond donors (Lipinski definition) is 4. The molecule has 2 heterocycles. The second kappa shape index (κ2) is 2.62. The first-order chi connectivity index (χ1) is 5.68. The number of nitrogens with one attached hydrogen (secondary N) is 2. The summed E-state index contributed by atoms with van der Waals surface area (Å²) in [7, 11) is 0. The first-order valence-corrected chi connectivity index (χ1v) is 3.89. The van der Waals surface area contributed by atoms with Crippen LogP contribution in [0.15, 0.2) is 12.4 Å². The fourth-order valence-electron chi connectivity index (χ4n) is 1.48. The van der Waals surface area contributed by atoms with E-state index in [0.29, 0.717) is 12.4 Å². The van der Waals surface area contributed by atoms with Crippen molar-refractivity contribution in [3.05, 3.63) is 12.4 Å². The average Bonchev–Trinajstić information content (AvgIpc) is 2.28. The van der Waals surface area contributed by atoms with Crippen LogP contribution in [0.1, 0.15) is 0 Å². The van der Waals surface area contributed by atoms with Gasteiger partial charge in [-0.3, -0.25) is 0 Å². The molecule has 2 aliphatic heterocycles.